The number of ether oxygens (including phenoxy) is 1. The topological polar surface area (TPSA) is 81.5 Å². The molecule has 7 nitrogen and oxygen atoms in total. The predicted molar refractivity (Wildman–Crippen MR) is 154 cm³/mol. The van der Waals surface area contributed by atoms with Crippen LogP contribution in [0, 0.1) is 0 Å². The van der Waals surface area contributed by atoms with Crippen LogP contribution in [0.1, 0.15) is 74.7 Å². The molecular formula is C33H33N3O4. The molecule has 0 fully saturated rings. The van der Waals surface area contributed by atoms with Crippen LogP contribution >= 0.6 is 0 Å². The first-order valence-electron chi connectivity index (χ1n) is 13.9. The van der Waals surface area contributed by atoms with E-state index in [2.05, 4.69) is 13.0 Å². The van der Waals surface area contributed by atoms with Crippen LogP contribution in [0.25, 0.3) is 16.8 Å². The molecule has 0 saturated carbocycles. The molecule has 0 aliphatic carbocycles. The average molecular weight is 536 g/mol. The maximum absolute atomic E-state index is 14.1. The van der Waals surface area contributed by atoms with E-state index in [9.17, 15) is 14.4 Å². The summed E-state index contributed by atoms with van der Waals surface area (Å²) in [5, 5.41) is 4.76. The maximum atomic E-state index is 14.1. The third-order valence-corrected chi connectivity index (χ3v) is 7.32. The second-order valence-corrected chi connectivity index (χ2v) is 9.91. The van der Waals surface area contributed by atoms with Gasteiger partial charge in [-0.05, 0) is 61.1 Å². The third-order valence-electron chi connectivity index (χ3n) is 7.32. The molecule has 0 radical (unpaired) electrons. The maximum Gasteiger partial charge on any atom is 0.359 e. The molecule has 0 spiro atoms. The van der Waals surface area contributed by atoms with E-state index in [1.807, 2.05) is 53.4 Å². The van der Waals surface area contributed by atoms with Gasteiger partial charge in [0.25, 0.3) is 5.91 Å². The van der Waals surface area contributed by atoms with Crippen LogP contribution in [-0.4, -0.2) is 46.0 Å². The number of unbranched alkanes of at least 4 members (excludes halogenated alkanes) is 1. The summed E-state index contributed by atoms with van der Waals surface area (Å²) in [6.45, 7) is 5.11. The summed E-state index contributed by atoms with van der Waals surface area (Å²) in [6, 6.07) is 22.9. The molecule has 0 N–H and O–H groups in total. The predicted octanol–water partition coefficient (Wildman–Crippen LogP) is 6.07. The number of benzene rings is 3. The molecule has 1 amide bonds. The molecule has 40 heavy (non-hydrogen) atoms. The summed E-state index contributed by atoms with van der Waals surface area (Å²) < 4.78 is 7.22. The lowest BCUT2D eigenvalue weighted by atomic mass is 9.92. The first-order chi connectivity index (χ1) is 19.5. The van der Waals surface area contributed by atoms with Crippen molar-refractivity contribution in [3.63, 3.8) is 0 Å². The molecule has 1 aromatic heterocycles. The van der Waals surface area contributed by atoms with E-state index >= 15 is 0 Å². The quantitative estimate of drug-likeness (QED) is 0.192. The molecule has 2 heterocycles. The van der Waals surface area contributed by atoms with Crippen molar-refractivity contribution in [1.29, 1.82) is 0 Å². The van der Waals surface area contributed by atoms with Gasteiger partial charge in [0.1, 0.15) is 6.29 Å². The van der Waals surface area contributed by atoms with Crippen molar-refractivity contribution in [1.82, 2.24) is 14.7 Å². The van der Waals surface area contributed by atoms with Gasteiger partial charge in [-0.1, -0.05) is 67.9 Å². The highest BCUT2D eigenvalue weighted by Gasteiger charge is 2.30. The van der Waals surface area contributed by atoms with Gasteiger partial charge in [-0.25, -0.2) is 9.48 Å². The summed E-state index contributed by atoms with van der Waals surface area (Å²) in [5.41, 5.74) is 6.08. The number of aldehydes is 1. The molecule has 204 valence electrons. The Labute approximate surface area is 234 Å². The van der Waals surface area contributed by atoms with Crippen molar-refractivity contribution in [3.8, 4) is 16.8 Å². The van der Waals surface area contributed by atoms with Crippen LogP contribution < -0.4 is 0 Å². The molecule has 5 rings (SSSR count). The van der Waals surface area contributed by atoms with E-state index in [0.717, 1.165) is 42.5 Å². The highest BCUT2D eigenvalue weighted by Crippen LogP contribution is 2.35. The first-order valence-corrected chi connectivity index (χ1v) is 13.9. The van der Waals surface area contributed by atoms with Gasteiger partial charge in [0.2, 0.25) is 0 Å². The number of rotatable bonds is 9. The van der Waals surface area contributed by atoms with E-state index in [0.29, 0.717) is 41.8 Å². The highest BCUT2D eigenvalue weighted by molar-refractivity contribution is 6.06. The minimum atomic E-state index is -0.547. The number of fused-ring (bicyclic) bond motifs is 1. The van der Waals surface area contributed by atoms with Crippen molar-refractivity contribution in [2.24, 2.45) is 0 Å². The fraction of sp³-hybridized carbons (Fsp3) is 0.273. The molecule has 0 unspecified atom stereocenters. The van der Waals surface area contributed by atoms with E-state index in [1.165, 1.54) is 5.56 Å². The van der Waals surface area contributed by atoms with Crippen LogP contribution in [0.15, 0.2) is 72.8 Å². The van der Waals surface area contributed by atoms with E-state index in [1.54, 1.807) is 29.8 Å². The number of hydrogen-bond donors (Lipinski definition) is 0. The van der Waals surface area contributed by atoms with Crippen molar-refractivity contribution >= 4 is 18.2 Å². The van der Waals surface area contributed by atoms with Gasteiger partial charge < -0.3 is 9.64 Å². The summed E-state index contributed by atoms with van der Waals surface area (Å²) in [5.74, 6) is -0.730. The Morgan fingerprint density at radius 2 is 1.73 bits per heavy atom. The zero-order chi connectivity index (χ0) is 28.1. The lowest BCUT2D eigenvalue weighted by Gasteiger charge is -2.29. The first kappa shape index (κ1) is 27.1. The summed E-state index contributed by atoms with van der Waals surface area (Å²) >= 11 is 0. The van der Waals surface area contributed by atoms with Gasteiger partial charge in [-0.3, -0.25) is 9.59 Å². The van der Waals surface area contributed by atoms with Gasteiger partial charge in [-0.15, -0.1) is 0 Å². The van der Waals surface area contributed by atoms with Crippen molar-refractivity contribution < 1.29 is 19.1 Å². The van der Waals surface area contributed by atoms with Crippen LogP contribution in [0.3, 0.4) is 0 Å². The molecule has 1 aliphatic heterocycles. The summed E-state index contributed by atoms with van der Waals surface area (Å²) in [4.78, 5) is 41.1. The molecule has 0 atom stereocenters. The molecule has 0 bridgehead atoms. The van der Waals surface area contributed by atoms with Crippen LogP contribution in [0.2, 0.25) is 0 Å². The zero-order valence-corrected chi connectivity index (χ0v) is 22.9. The fourth-order valence-corrected chi connectivity index (χ4v) is 5.31. The summed E-state index contributed by atoms with van der Waals surface area (Å²) in [7, 11) is 0. The summed E-state index contributed by atoms with van der Waals surface area (Å²) in [6.07, 6.45) is 3.95. The monoisotopic (exact) mass is 535 g/mol. The molecule has 0 saturated heterocycles. The van der Waals surface area contributed by atoms with Gasteiger partial charge in [0, 0.05) is 29.8 Å². The zero-order valence-electron chi connectivity index (χ0n) is 22.9. The van der Waals surface area contributed by atoms with Crippen molar-refractivity contribution in [3.05, 3.63) is 106 Å². The standard InChI is InChI=1S/C33H33N3O4/c1-3-5-15-29-30(31(33(39)40-4-2)34-36(29)26-13-7-6-8-14-26)27-17-16-23(22-37)20-28(27)32(38)35-19-18-24-11-9-10-12-25(24)21-35/h6-14,16-17,20,22H,3-5,15,18-19,21H2,1-2H3. The Kier molecular flexibility index (Phi) is 8.20. The van der Waals surface area contributed by atoms with Gasteiger partial charge in [-0.2, -0.15) is 5.10 Å². The lowest BCUT2D eigenvalue weighted by molar-refractivity contribution is 0.0519. The highest BCUT2D eigenvalue weighted by atomic mass is 16.5. The third kappa shape index (κ3) is 5.32. The molecule has 4 aromatic rings. The molecule has 3 aromatic carbocycles. The Balaban J connectivity index is 1.70. The van der Waals surface area contributed by atoms with Crippen LogP contribution in [0.4, 0.5) is 0 Å². The number of para-hydroxylation sites is 1. The smallest absolute Gasteiger partial charge is 0.359 e. The van der Waals surface area contributed by atoms with Crippen molar-refractivity contribution in [2.45, 2.75) is 46.1 Å². The van der Waals surface area contributed by atoms with Gasteiger partial charge in [0.15, 0.2) is 5.69 Å². The number of hydrogen-bond acceptors (Lipinski definition) is 5. The Hall–Kier alpha value is -4.52. The number of carbonyl (C=O) groups is 3. The number of aromatic nitrogens is 2. The van der Waals surface area contributed by atoms with E-state index in [4.69, 9.17) is 9.84 Å². The van der Waals surface area contributed by atoms with E-state index < -0.39 is 5.97 Å². The Bertz CT molecular complexity index is 1540. The Morgan fingerprint density at radius 3 is 2.45 bits per heavy atom. The molecule has 7 heteroatoms. The van der Waals surface area contributed by atoms with Crippen LogP contribution in [0.5, 0.6) is 0 Å². The number of carbonyl (C=O) groups excluding carboxylic acids is 3. The normalized spacial score (nSPS) is 12.6. The Morgan fingerprint density at radius 1 is 0.975 bits per heavy atom. The van der Waals surface area contributed by atoms with E-state index in [-0.39, 0.29) is 18.2 Å². The molecular weight excluding hydrogens is 502 g/mol. The number of nitrogens with zero attached hydrogens (tertiary/aromatic N) is 3. The average Bonchev–Trinajstić information content (AvgIpc) is 3.39. The minimum Gasteiger partial charge on any atom is -0.461 e. The molecule has 1 aliphatic rings. The number of esters is 1. The largest absolute Gasteiger partial charge is 0.461 e. The second kappa shape index (κ2) is 12.1. The van der Waals surface area contributed by atoms with Crippen molar-refractivity contribution in [2.75, 3.05) is 13.2 Å². The SMILES string of the molecule is CCCCc1c(-c2ccc(C=O)cc2C(=O)N2CCc3ccccc3C2)c(C(=O)OCC)nn1-c1ccccc1. The lowest BCUT2D eigenvalue weighted by Crippen LogP contribution is -2.36. The van der Waals surface area contributed by atoms with Crippen LogP contribution in [-0.2, 0) is 24.1 Å². The fourth-order valence-electron chi connectivity index (χ4n) is 5.31. The van der Waals surface area contributed by atoms with Gasteiger partial charge in [0.05, 0.1) is 18.0 Å². The second-order valence-electron chi connectivity index (χ2n) is 9.91. The van der Waals surface area contributed by atoms with Gasteiger partial charge >= 0.3 is 5.97 Å². The number of amides is 1. The minimum absolute atomic E-state index is 0.161.